The van der Waals surface area contributed by atoms with E-state index in [0.29, 0.717) is 32.8 Å². The molecule has 1 N–H and O–H groups in total. The summed E-state index contributed by atoms with van der Waals surface area (Å²) in [5, 5.41) is 12.0. The molecular formula is C24H21ClN2O5S. The van der Waals surface area contributed by atoms with Crippen molar-refractivity contribution < 1.29 is 24.2 Å². The minimum absolute atomic E-state index is 0.0700. The van der Waals surface area contributed by atoms with Gasteiger partial charge < -0.3 is 14.6 Å². The third-order valence-electron chi connectivity index (χ3n) is 5.51. The normalized spacial score (nSPS) is 17.5. The number of carbonyl (C=O) groups is 2. The number of aliphatic hydroxyl groups excluding tert-OH is 1. The largest absolute Gasteiger partial charge is 0.507 e. The highest BCUT2D eigenvalue weighted by Crippen LogP contribution is 2.48. The Morgan fingerprint density at radius 2 is 1.79 bits per heavy atom. The zero-order valence-corrected chi connectivity index (χ0v) is 20.0. The summed E-state index contributed by atoms with van der Waals surface area (Å²) in [6.45, 7) is 3.72. The molecule has 1 aliphatic heterocycles. The van der Waals surface area contributed by atoms with Gasteiger partial charge in [-0.25, -0.2) is 4.98 Å². The van der Waals surface area contributed by atoms with E-state index in [1.165, 1.54) is 30.5 Å². The Morgan fingerprint density at radius 3 is 2.36 bits per heavy atom. The molecule has 4 rings (SSSR count). The van der Waals surface area contributed by atoms with Gasteiger partial charge in [-0.3, -0.25) is 14.5 Å². The van der Waals surface area contributed by atoms with Gasteiger partial charge in [0, 0.05) is 21.0 Å². The molecule has 0 spiro atoms. The summed E-state index contributed by atoms with van der Waals surface area (Å²) in [7, 11) is 2.98. The summed E-state index contributed by atoms with van der Waals surface area (Å²) < 4.78 is 11.0. The first-order valence-corrected chi connectivity index (χ1v) is 11.2. The fraction of sp³-hybridized carbons (Fsp3) is 0.208. The number of amides is 1. The topological polar surface area (TPSA) is 89.0 Å². The van der Waals surface area contributed by atoms with Crippen molar-refractivity contribution in [2.45, 2.75) is 19.9 Å². The lowest BCUT2D eigenvalue weighted by Gasteiger charge is -2.25. The van der Waals surface area contributed by atoms with Crippen molar-refractivity contribution in [1.29, 1.82) is 0 Å². The summed E-state index contributed by atoms with van der Waals surface area (Å²) in [6, 6.07) is 10.6. The quantitative estimate of drug-likeness (QED) is 0.309. The SMILES string of the molecule is COc1cccc([C@H]2C(=C(O)c3ccc(Cl)cc3)C(=O)C(=O)N2c2nc(C)c(C)s2)c1OC. The minimum Gasteiger partial charge on any atom is -0.507 e. The molecule has 170 valence electrons. The Hall–Kier alpha value is -3.36. The number of benzene rings is 2. The molecule has 0 aliphatic carbocycles. The van der Waals surface area contributed by atoms with Gasteiger partial charge in [0.05, 0.1) is 25.5 Å². The first-order valence-electron chi connectivity index (χ1n) is 10.00. The highest BCUT2D eigenvalue weighted by atomic mass is 35.5. The van der Waals surface area contributed by atoms with Crippen LogP contribution in [0.5, 0.6) is 11.5 Å². The van der Waals surface area contributed by atoms with Gasteiger partial charge in [-0.15, -0.1) is 11.3 Å². The lowest BCUT2D eigenvalue weighted by molar-refractivity contribution is -0.132. The summed E-state index contributed by atoms with van der Waals surface area (Å²) in [6.07, 6.45) is 0. The number of methoxy groups -OCH3 is 2. The smallest absolute Gasteiger partial charge is 0.301 e. The zero-order valence-electron chi connectivity index (χ0n) is 18.4. The third-order valence-corrected chi connectivity index (χ3v) is 6.84. The number of rotatable bonds is 5. The van der Waals surface area contributed by atoms with Crippen molar-refractivity contribution in [2.75, 3.05) is 19.1 Å². The molecule has 0 saturated carbocycles. The van der Waals surface area contributed by atoms with Crippen LogP contribution >= 0.6 is 22.9 Å². The van der Waals surface area contributed by atoms with Crippen LogP contribution in [0.3, 0.4) is 0 Å². The fourth-order valence-electron chi connectivity index (χ4n) is 3.77. The monoisotopic (exact) mass is 484 g/mol. The first kappa shape index (κ1) is 22.8. The minimum atomic E-state index is -0.976. The first-order chi connectivity index (χ1) is 15.8. The number of aryl methyl sites for hydroxylation is 2. The zero-order chi connectivity index (χ0) is 23.9. The highest BCUT2D eigenvalue weighted by molar-refractivity contribution is 7.16. The van der Waals surface area contributed by atoms with Crippen molar-refractivity contribution in [3.63, 3.8) is 0 Å². The second-order valence-electron chi connectivity index (χ2n) is 7.40. The van der Waals surface area contributed by atoms with Crippen molar-refractivity contribution in [1.82, 2.24) is 4.98 Å². The summed E-state index contributed by atoms with van der Waals surface area (Å²) in [5.41, 5.74) is 1.53. The number of Topliss-reactive ketones (excluding diaryl/α,β-unsaturated/α-hetero) is 1. The van der Waals surface area contributed by atoms with Crippen LogP contribution in [0.1, 0.15) is 27.7 Å². The maximum absolute atomic E-state index is 13.3. The number of anilines is 1. The van der Waals surface area contributed by atoms with E-state index in [4.69, 9.17) is 21.1 Å². The standard InChI is InChI=1S/C24H21ClN2O5S/c1-12-13(2)33-24(26-12)27-19(16-6-5-7-17(31-3)22(16)32-4)18(21(29)23(27)30)20(28)14-8-10-15(25)11-9-14/h5-11,19,28H,1-4H3/t19-/m0/s1. The second kappa shape index (κ2) is 8.88. The van der Waals surface area contributed by atoms with E-state index < -0.39 is 17.7 Å². The van der Waals surface area contributed by atoms with Crippen LogP contribution in [0.2, 0.25) is 5.02 Å². The molecular weight excluding hydrogens is 464 g/mol. The molecule has 1 aromatic heterocycles. The maximum atomic E-state index is 13.3. The van der Waals surface area contributed by atoms with Gasteiger partial charge in [0.1, 0.15) is 11.8 Å². The number of hydrogen-bond acceptors (Lipinski definition) is 7. The molecule has 9 heteroatoms. The molecule has 1 atom stereocenters. The van der Waals surface area contributed by atoms with E-state index in [0.717, 1.165) is 10.6 Å². The molecule has 0 radical (unpaired) electrons. The molecule has 1 fully saturated rings. The number of ketones is 1. The Bertz CT molecular complexity index is 1260. The molecule has 1 saturated heterocycles. The number of thiazole rings is 1. The van der Waals surface area contributed by atoms with Gasteiger partial charge >= 0.3 is 5.91 Å². The molecule has 1 amide bonds. The number of carbonyl (C=O) groups excluding carboxylic acids is 2. The van der Waals surface area contributed by atoms with Gasteiger partial charge in [0.2, 0.25) is 0 Å². The number of aromatic nitrogens is 1. The number of para-hydroxylation sites is 1. The van der Waals surface area contributed by atoms with Crippen LogP contribution in [0.4, 0.5) is 5.13 Å². The van der Waals surface area contributed by atoms with Crippen molar-refractivity contribution >= 4 is 45.5 Å². The number of ether oxygens (including phenoxy) is 2. The molecule has 2 heterocycles. The molecule has 1 aliphatic rings. The van der Waals surface area contributed by atoms with Crippen LogP contribution in [0.25, 0.3) is 5.76 Å². The number of hydrogen-bond donors (Lipinski definition) is 1. The molecule has 2 aromatic carbocycles. The van der Waals surface area contributed by atoms with Gasteiger partial charge in [-0.1, -0.05) is 23.7 Å². The lowest BCUT2D eigenvalue weighted by atomic mass is 9.94. The fourth-order valence-corrected chi connectivity index (χ4v) is 4.84. The Labute approximate surface area is 199 Å². The summed E-state index contributed by atoms with van der Waals surface area (Å²) in [5.74, 6) is -1.13. The Kier molecular flexibility index (Phi) is 6.14. The van der Waals surface area contributed by atoms with E-state index in [9.17, 15) is 14.7 Å². The van der Waals surface area contributed by atoms with Crippen LogP contribution < -0.4 is 14.4 Å². The van der Waals surface area contributed by atoms with Crippen LogP contribution in [-0.4, -0.2) is 36.0 Å². The lowest BCUT2D eigenvalue weighted by Crippen LogP contribution is -2.29. The van der Waals surface area contributed by atoms with E-state index in [1.807, 2.05) is 13.8 Å². The Balaban J connectivity index is 2.02. The third kappa shape index (κ3) is 3.85. The second-order valence-corrected chi connectivity index (χ2v) is 9.01. The average Bonchev–Trinajstić information content (AvgIpc) is 3.28. The predicted octanol–water partition coefficient (Wildman–Crippen LogP) is 5.06. The number of halogens is 1. The van der Waals surface area contributed by atoms with Crippen molar-refractivity contribution in [3.05, 3.63) is 74.8 Å². The van der Waals surface area contributed by atoms with Gasteiger partial charge in [0.15, 0.2) is 16.6 Å². The van der Waals surface area contributed by atoms with Crippen LogP contribution in [0.15, 0.2) is 48.0 Å². The van der Waals surface area contributed by atoms with Gasteiger partial charge in [-0.2, -0.15) is 0 Å². The van der Waals surface area contributed by atoms with Gasteiger partial charge in [-0.05, 0) is 44.2 Å². The Morgan fingerprint density at radius 1 is 1.09 bits per heavy atom. The average molecular weight is 485 g/mol. The molecule has 7 nitrogen and oxygen atoms in total. The molecule has 0 unspecified atom stereocenters. The van der Waals surface area contributed by atoms with Gasteiger partial charge in [0.25, 0.3) is 5.78 Å². The van der Waals surface area contributed by atoms with E-state index in [2.05, 4.69) is 4.98 Å². The van der Waals surface area contributed by atoms with Crippen LogP contribution in [0, 0.1) is 13.8 Å². The molecule has 0 bridgehead atoms. The van der Waals surface area contributed by atoms with E-state index >= 15 is 0 Å². The summed E-state index contributed by atoms with van der Waals surface area (Å²) >= 11 is 7.28. The van der Waals surface area contributed by atoms with E-state index in [1.54, 1.807) is 42.5 Å². The predicted molar refractivity (Wildman–Crippen MR) is 127 cm³/mol. The van der Waals surface area contributed by atoms with E-state index in [-0.39, 0.29) is 11.3 Å². The van der Waals surface area contributed by atoms with Crippen molar-refractivity contribution in [2.24, 2.45) is 0 Å². The van der Waals surface area contributed by atoms with Crippen molar-refractivity contribution in [3.8, 4) is 11.5 Å². The summed E-state index contributed by atoms with van der Waals surface area (Å²) in [4.78, 5) is 33.3. The number of aliphatic hydroxyl groups is 1. The molecule has 3 aromatic rings. The highest BCUT2D eigenvalue weighted by Gasteiger charge is 2.49. The maximum Gasteiger partial charge on any atom is 0.301 e. The number of nitrogens with zero attached hydrogens (tertiary/aromatic N) is 2. The van der Waals surface area contributed by atoms with Crippen LogP contribution in [-0.2, 0) is 9.59 Å². The molecule has 33 heavy (non-hydrogen) atoms.